The Hall–Kier alpha value is -3.11. The van der Waals surface area contributed by atoms with Gasteiger partial charge in [-0.15, -0.1) is 12.4 Å². The van der Waals surface area contributed by atoms with Gasteiger partial charge >= 0.3 is 0 Å². The zero-order valence-corrected chi connectivity index (χ0v) is 21.9. The smallest absolute Gasteiger partial charge is 0.262 e. The Kier molecular flexibility index (Phi) is 9.04. The van der Waals surface area contributed by atoms with Crippen LogP contribution in [0.25, 0.3) is 16.6 Å². The number of fused-ring (bicyclic) bond motifs is 3. The number of benzene rings is 2. The number of halogens is 1. The summed E-state index contributed by atoms with van der Waals surface area (Å²) >= 11 is 0. The third-order valence-corrected chi connectivity index (χ3v) is 6.72. The van der Waals surface area contributed by atoms with Crippen LogP contribution in [0, 0.1) is 0 Å². The van der Waals surface area contributed by atoms with E-state index < -0.39 is 0 Å². The summed E-state index contributed by atoms with van der Waals surface area (Å²) in [4.78, 5) is 22.4. The first-order valence-corrected chi connectivity index (χ1v) is 12.5. The van der Waals surface area contributed by atoms with E-state index >= 15 is 0 Å². The van der Waals surface area contributed by atoms with Crippen LogP contribution in [0.5, 0.6) is 5.75 Å². The number of likely N-dealkylation sites (N-methyl/N-ethyl adjacent to an activating group) is 1. The number of nitrogens with zero attached hydrogens (tertiary/aromatic N) is 4. The van der Waals surface area contributed by atoms with Gasteiger partial charge in [-0.25, -0.2) is 4.98 Å². The first-order chi connectivity index (χ1) is 17.6. The fourth-order valence-electron chi connectivity index (χ4n) is 4.61. The van der Waals surface area contributed by atoms with E-state index in [1.165, 1.54) is 0 Å². The van der Waals surface area contributed by atoms with Crippen LogP contribution >= 0.6 is 12.4 Å². The van der Waals surface area contributed by atoms with Crippen molar-refractivity contribution in [2.45, 2.75) is 13.0 Å². The molecule has 1 saturated heterocycles. The molecule has 2 aliphatic rings. The molecule has 2 aliphatic heterocycles. The maximum absolute atomic E-state index is 13.1. The van der Waals surface area contributed by atoms with Crippen molar-refractivity contribution >= 4 is 40.6 Å². The standard InChI is InChI=1S/C27H33N5O4.ClH/c1-30-12-14-31(15-13-30)16-17-35-18-19-36-21-8-6-20(7-9-21)28-27(34)25-24(33)10-11-32-23-5-3-2-4-22(23)29-26(25)32;/h2-9,33H,10-19H2,1H3,(H,28,34);1H. The average Bonchev–Trinajstić information content (AvgIpc) is 3.26. The molecule has 5 rings (SSSR count). The molecule has 0 spiro atoms. The number of aromatic nitrogens is 2. The van der Waals surface area contributed by atoms with Crippen LogP contribution in [0.1, 0.15) is 12.2 Å². The number of carbonyl (C=O) groups is 1. The molecule has 3 aromatic rings. The first-order valence-electron chi connectivity index (χ1n) is 12.5. The molecule has 37 heavy (non-hydrogen) atoms. The highest BCUT2D eigenvalue weighted by molar-refractivity contribution is 6.25. The number of piperazine rings is 1. The van der Waals surface area contributed by atoms with E-state index in [4.69, 9.17) is 9.47 Å². The van der Waals surface area contributed by atoms with Gasteiger partial charge in [-0.2, -0.15) is 0 Å². The van der Waals surface area contributed by atoms with Crippen LogP contribution in [-0.4, -0.2) is 90.0 Å². The SMILES string of the molecule is CN1CCN(CCOCCOc2ccc(NC(=O)C3=C(O)CCn4c3nc3ccccc34)cc2)CC1.Cl. The normalized spacial score (nSPS) is 16.4. The van der Waals surface area contributed by atoms with Gasteiger partial charge in [0, 0.05) is 51.4 Å². The molecule has 0 bridgehead atoms. The van der Waals surface area contributed by atoms with Crippen molar-refractivity contribution in [3.8, 4) is 5.75 Å². The predicted molar refractivity (Wildman–Crippen MR) is 146 cm³/mol. The summed E-state index contributed by atoms with van der Waals surface area (Å²) in [6.45, 7) is 7.64. The van der Waals surface area contributed by atoms with Crippen LogP contribution in [0.4, 0.5) is 5.69 Å². The number of allylic oxidation sites excluding steroid dienone is 1. The van der Waals surface area contributed by atoms with Crippen molar-refractivity contribution < 1.29 is 19.4 Å². The Morgan fingerprint density at radius 3 is 2.54 bits per heavy atom. The van der Waals surface area contributed by atoms with Gasteiger partial charge in [0.05, 0.1) is 24.2 Å². The summed E-state index contributed by atoms with van der Waals surface area (Å²) in [6.07, 6.45) is 0.389. The molecule has 0 saturated carbocycles. The molecule has 9 nitrogen and oxygen atoms in total. The fourth-order valence-corrected chi connectivity index (χ4v) is 4.61. The average molecular weight is 528 g/mol. The van der Waals surface area contributed by atoms with Gasteiger partial charge in [0.2, 0.25) is 0 Å². The third-order valence-electron chi connectivity index (χ3n) is 6.72. The van der Waals surface area contributed by atoms with E-state index in [0.29, 0.717) is 50.0 Å². The number of anilines is 1. The van der Waals surface area contributed by atoms with E-state index in [1.54, 1.807) is 12.1 Å². The van der Waals surface area contributed by atoms with Crippen LogP contribution in [-0.2, 0) is 16.1 Å². The van der Waals surface area contributed by atoms with Crippen molar-refractivity contribution in [1.82, 2.24) is 19.4 Å². The Bertz CT molecular complexity index is 1240. The molecule has 2 aromatic carbocycles. The van der Waals surface area contributed by atoms with E-state index in [0.717, 1.165) is 43.8 Å². The number of ether oxygens (including phenoxy) is 2. The number of aryl methyl sites for hydroxylation is 1. The summed E-state index contributed by atoms with van der Waals surface area (Å²) in [5.41, 5.74) is 2.59. The molecule has 0 radical (unpaired) electrons. The quantitative estimate of drug-likeness (QED) is 0.412. The molecule has 0 atom stereocenters. The van der Waals surface area contributed by atoms with E-state index in [-0.39, 0.29) is 29.6 Å². The first kappa shape index (κ1) is 26.9. The van der Waals surface area contributed by atoms with Crippen LogP contribution in [0.15, 0.2) is 54.3 Å². The number of rotatable bonds is 9. The number of imidazole rings is 1. The lowest BCUT2D eigenvalue weighted by atomic mass is 10.1. The topological polar surface area (TPSA) is 92.1 Å². The molecule has 10 heteroatoms. The minimum absolute atomic E-state index is 0. The monoisotopic (exact) mass is 527 g/mol. The lowest BCUT2D eigenvalue weighted by Gasteiger charge is -2.32. The lowest BCUT2D eigenvalue weighted by molar-refractivity contribution is -0.111. The summed E-state index contributed by atoms with van der Waals surface area (Å²) < 4.78 is 13.5. The molecule has 1 amide bonds. The van der Waals surface area contributed by atoms with E-state index in [9.17, 15) is 9.90 Å². The van der Waals surface area contributed by atoms with Crippen molar-refractivity contribution in [2.75, 3.05) is 64.9 Å². The second-order valence-electron chi connectivity index (χ2n) is 9.23. The van der Waals surface area contributed by atoms with E-state index in [1.807, 2.05) is 41.0 Å². The summed E-state index contributed by atoms with van der Waals surface area (Å²) in [7, 11) is 2.15. The molecule has 1 fully saturated rings. The van der Waals surface area contributed by atoms with Gasteiger partial charge in [-0.05, 0) is 43.4 Å². The molecule has 198 valence electrons. The molecular formula is C27H34ClN5O4. The van der Waals surface area contributed by atoms with E-state index in [2.05, 4.69) is 27.1 Å². The highest BCUT2D eigenvalue weighted by Gasteiger charge is 2.28. The Balaban J connectivity index is 0.00000320. The molecule has 0 aliphatic carbocycles. The zero-order chi connectivity index (χ0) is 24.9. The molecule has 2 N–H and O–H groups in total. The number of amides is 1. The maximum Gasteiger partial charge on any atom is 0.262 e. The Labute approximate surface area is 223 Å². The molecule has 3 heterocycles. The number of aliphatic hydroxyl groups excluding tert-OH is 1. The van der Waals surface area contributed by atoms with Gasteiger partial charge in [0.25, 0.3) is 5.91 Å². The Morgan fingerprint density at radius 2 is 1.76 bits per heavy atom. The second-order valence-corrected chi connectivity index (χ2v) is 9.23. The predicted octanol–water partition coefficient (Wildman–Crippen LogP) is 3.41. The van der Waals surface area contributed by atoms with Gasteiger partial charge in [0.1, 0.15) is 29.5 Å². The fraction of sp³-hybridized carbons (Fsp3) is 0.407. The Morgan fingerprint density at radius 1 is 1.00 bits per heavy atom. The molecular weight excluding hydrogens is 494 g/mol. The van der Waals surface area contributed by atoms with Gasteiger partial charge in [-0.1, -0.05) is 12.1 Å². The number of aliphatic hydroxyl groups is 1. The van der Waals surface area contributed by atoms with Gasteiger partial charge in [-0.3, -0.25) is 9.69 Å². The number of para-hydroxylation sites is 2. The van der Waals surface area contributed by atoms with Crippen LogP contribution < -0.4 is 10.1 Å². The summed E-state index contributed by atoms with van der Waals surface area (Å²) in [6, 6.07) is 14.9. The largest absolute Gasteiger partial charge is 0.511 e. The molecule has 1 aromatic heterocycles. The minimum atomic E-state index is -0.383. The highest BCUT2D eigenvalue weighted by Crippen LogP contribution is 2.30. The van der Waals surface area contributed by atoms with Crippen molar-refractivity contribution in [3.05, 3.63) is 60.1 Å². The lowest BCUT2D eigenvalue weighted by Crippen LogP contribution is -2.45. The van der Waals surface area contributed by atoms with Crippen molar-refractivity contribution in [3.63, 3.8) is 0 Å². The van der Waals surface area contributed by atoms with Gasteiger partial charge in [0.15, 0.2) is 0 Å². The summed E-state index contributed by atoms with van der Waals surface area (Å²) in [5, 5.41) is 13.4. The number of carbonyl (C=O) groups excluding carboxylic acids is 1. The van der Waals surface area contributed by atoms with Crippen LogP contribution in [0.2, 0.25) is 0 Å². The third kappa shape index (κ3) is 6.42. The highest BCUT2D eigenvalue weighted by atomic mass is 35.5. The number of hydrogen-bond acceptors (Lipinski definition) is 7. The van der Waals surface area contributed by atoms with Gasteiger partial charge < -0.3 is 29.4 Å². The van der Waals surface area contributed by atoms with Crippen molar-refractivity contribution in [2.24, 2.45) is 0 Å². The van der Waals surface area contributed by atoms with Crippen LogP contribution in [0.3, 0.4) is 0 Å². The second kappa shape index (κ2) is 12.4. The summed E-state index contributed by atoms with van der Waals surface area (Å²) in [5.74, 6) is 0.872. The maximum atomic E-state index is 13.1. The van der Waals surface area contributed by atoms with Crippen molar-refractivity contribution in [1.29, 1.82) is 0 Å². The zero-order valence-electron chi connectivity index (χ0n) is 21.1. The number of hydrogen-bond donors (Lipinski definition) is 2. The molecule has 0 unspecified atom stereocenters. The minimum Gasteiger partial charge on any atom is -0.511 e. The number of nitrogens with one attached hydrogen (secondary N) is 1.